The molecule has 0 unspecified atom stereocenters. The molecule has 4 nitrogen and oxygen atoms in total. The van der Waals surface area contributed by atoms with Crippen molar-refractivity contribution < 1.29 is 4.79 Å². The van der Waals surface area contributed by atoms with Crippen LogP contribution in [0, 0.1) is 13.8 Å². The summed E-state index contributed by atoms with van der Waals surface area (Å²) in [4.78, 5) is 16.4. The Morgan fingerprint density at radius 3 is 2.71 bits per heavy atom. The second-order valence-corrected chi connectivity index (χ2v) is 4.31. The molecule has 1 aromatic rings. The number of aromatic nitrogens is 1. The van der Waals surface area contributed by atoms with Crippen molar-refractivity contribution in [2.75, 3.05) is 13.6 Å². The molecule has 2 N–H and O–H groups in total. The maximum absolute atomic E-state index is 10.9. The number of hydrogen-bond acceptors (Lipinski definition) is 4. The summed E-state index contributed by atoms with van der Waals surface area (Å²) >= 11 is 1.67. The van der Waals surface area contributed by atoms with Gasteiger partial charge in [0.25, 0.3) is 0 Å². The van der Waals surface area contributed by atoms with Crippen LogP contribution in [0.5, 0.6) is 0 Å². The number of nitrogens with one attached hydrogen (secondary N) is 2. The van der Waals surface area contributed by atoms with Crippen molar-refractivity contribution in [1.29, 1.82) is 0 Å². The van der Waals surface area contributed by atoms with Gasteiger partial charge in [0.15, 0.2) is 0 Å². The number of nitrogens with zero attached hydrogens (tertiary/aromatic N) is 1. The van der Waals surface area contributed by atoms with Crippen molar-refractivity contribution in [1.82, 2.24) is 15.6 Å². The molecule has 78 valence electrons. The first kappa shape index (κ1) is 11.1. The van der Waals surface area contributed by atoms with Gasteiger partial charge in [0.05, 0.1) is 17.2 Å². The van der Waals surface area contributed by atoms with Crippen molar-refractivity contribution in [2.45, 2.75) is 20.4 Å². The molecule has 1 rings (SSSR count). The number of likely N-dealkylation sites (N-methyl/N-ethyl adjacent to an activating group) is 1. The Kier molecular flexibility index (Phi) is 4.03. The highest BCUT2D eigenvalue weighted by Crippen LogP contribution is 2.16. The van der Waals surface area contributed by atoms with Crippen molar-refractivity contribution in [2.24, 2.45) is 0 Å². The van der Waals surface area contributed by atoms with Crippen molar-refractivity contribution in [3.05, 3.63) is 15.6 Å². The predicted molar refractivity (Wildman–Crippen MR) is 57.4 cm³/mol. The smallest absolute Gasteiger partial charge is 0.233 e. The second kappa shape index (κ2) is 5.07. The lowest BCUT2D eigenvalue weighted by Crippen LogP contribution is -2.30. The maximum atomic E-state index is 10.9. The summed E-state index contributed by atoms with van der Waals surface area (Å²) < 4.78 is 0. The van der Waals surface area contributed by atoms with Crippen molar-refractivity contribution in [3.63, 3.8) is 0 Å². The van der Waals surface area contributed by atoms with Crippen LogP contribution in [0.1, 0.15) is 15.6 Å². The molecule has 0 atom stereocenters. The zero-order chi connectivity index (χ0) is 10.6. The van der Waals surface area contributed by atoms with Crippen molar-refractivity contribution in [3.8, 4) is 0 Å². The molecule has 1 amide bonds. The third-order valence-electron chi connectivity index (χ3n) is 1.85. The molecule has 0 aliphatic carbocycles. The standard InChI is InChI=1S/C9H15N3OS/c1-6-8(14-7(2)12-6)4-11-5-9(13)10-3/h11H,4-5H2,1-3H3,(H,10,13). The molecule has 14 heavy (non-hydrogen) atoms. The van der Waals surface area contributed by atoms with Gasteiger partial charge in [-0.15, -0.1) is 11.3 Å². The average Bonchev–Trinajstić information content (AvgIpc) is 2.45. The molecule has 0 saturated carbocycles. The summed E-state index contributed by atoms with van der Waals surface area (Å²) in [7, 11) is 1.63. The van der Waals surface area contributed by atoms with Crippen LogP contribution in [0.15, 0.2) is 0 Å². The molecule has 1 aromatic heterocycles. The van der Waals surface area contributed by atoms with Crippen molar-refractivity contribution >= 4 is 17.2 Å². The number of thiazole rings is 1. The molecular formula is C9H15N3OS. The van der Waals surface area contributed by atoms with Gasteiger partial charge in [-0.2, -0.15) is 0 Å². The van der Waals surface area contributed by atoms with E-state index in [1.807, 2.05) is 13.8 Å². The fraction of sp³-hybridized carbons (Fsp3) is 0.556. The lowest BCUT2D eigenvalue weighted by molar-refractivity contribution is -0.119. The van der Waals surface area contributed by atoms with E-state index < -0.39 is 0 Å². The van der Waals surface area contributed by atoms with Crippen LogP contribution in [-0.4, -0.2) is 24.5 Å². The Balaban J connectivity index is 2.38. The molecule has 0 saturated heterocycles. The van der Waals surface area contributed by atoms with Crippen LogP contribution >= 0.6 is 11.3 Å². The second-order valence-electron chi connectivity index (χ2n) is 3.02. The summed E-state index contributed by atoms with van der Waals surface area (Å²) in [6.45, 7) is 5.04. The monoisotopic (exact) mass is 213 g/mol. The fourth-order valence-electron chi connectivity index (χ4n) is 1.12. The Morgan fingerprint density at radius 1 is 1.50 bits per heavy atom. The van der Waals surface area contributed by atoms with Gasteiger partial charge >= 0.3 is 0 Å². The quantitative estimate of drug-likeness (QED) is 0.770. The molecule has 5 heteroatoms. The fourth-order valence-corrected chi connectivity index (χ4v) is 2.02. The summed E-state index contributed by atoms with van der Waals surface area (Å²) in [5.74, 6) is 0.00360. The van der Waals surface area contributed by atoms with E-state index in [0.717, 1.165) is 10.7 Å². The molecule has 1 heterocycles. The SMILES string of the molecule is CNC(=O)CNCc1sc(C)nc1C. The first-order valence-electron chi connectivity index (χ1n) is 4.47. The van der Waals surface area contributed by atoms with E-state index in [2.05, 4.69) is 15.6 Å². The Labute approximate surface area is 87.7 Å². The zero-order valence-corrected chi connectivity index (χ0v) is 9.49. The number of amides is 1. The minimum Gasteiger partial charge on any atom is -0.358 e. The molecule has 0 radical (unpaired) electrons. The zero-order valence-electron chi connectivity index (χ0n) is 8.68. The minimum absolute atomic E-state index is 0.00360. The number of hydrogen-bond donors (Lipinski definition) is 2. The maximum Gasteiger partial charge on any atom is 0.233 e. The Hall–Kier alpha value is -0.940. The van der Waals surface area contributed by atoms with E-state index in [4.69, 9.17) is 0 Å². The topological polar surface area (TPSA) is 54.0 Å². The lowest BCUT2D eigenvalue weighted by Gasteiger charge is -2.01. The Bertz CT molecular complexity index is 322. The van der Waals surface area contributed by atoms with Gasteiger partial charge in [-0.25, -0.2) is 4.98 Å². The molecule has 0 aliphatic rings. The number of carbonyl (C=O) groups excluding carboxylic acids is 1. The van der Waals surface area contributed by atoms with Gasteiger partial charge in [-0.1, -0.05) is 0 Å². The molecule has 0 aliphatic heterocycles. The molecular weight excluding hydrogens is 198 g/mol. The molecule has 0 bridgehead atoms. The number of rotatable bonds is 4. The van der Waals surface area contributed by atoms with Gasteiger partial charge in [0.2, 0.25) is 5.91 Å². The van der Waals surface area contributed by atoms with Crippen LogP contribution in [0.4, 0.5) is 0 Å². The number of aryl methyl sites for hydroxylation is 2. The summed E-state index contributed by atoms with van der Waals surface area (Å²) in [6.07, 6.45) is 0. The van der Waals surface area contributed by atoms with Gasteiger partial charge in [-0.3, -0.25) is 4.79 Å². The molecule has 0 fully saturated rings. The highest BCUT2D eigenvalue weighted by Gasteiger charge is 2.04. The first-order valence-corrected chi connectivity index (χ1v) is 5.29. The van der Waals surface area contributed by atoms with Crippen LogP contribution in [0.2, 0.25) is 0 Å². The van der Waals surface area contributed by atoms with Gasteiger partial charge in [-0.05, 0) is 13.8 Å². The average molecular weight is 213 g/mol. The van der Waals surface area contributed by atoms with E-state index in [9.17, 15) is 4.79 Å². The van der Waals surface area contributed by atoms with E-state index >= 15 is 0 Å². The summed E-state index contributed by atoms with van der Waals surface area (Å²) in [5.41, 5.74) is 1.05. The normalized spacial score (nSPS) is 10.2. The lowest BCUT2D eigenvalue weighted by atomic mass is 10.4. The third-order valence-corrected chi connectivity index (χ3v) is 2.92. The van der Waals surface area contributed by atoms with E-state index in [1.165, 1.54) is 4.88 Å². The van der Waals surface area contributed by atoms with Crippen LogP contribution < -0.4 is 10.6 Å². The van der Waals surface area contributed by atoms with Crippen LogP contribution in [-0.2, 0) is 11.3 Å². The van der Waals surface area contributed by atoms with E-state index in [1.54, 1.807) is 18.4 Å². The largest absolute Gasteiger partial charge is 0.358 e. The van der Waals surface area contributed by atoms with Crippen LogP contribution in [0.25, 0.3) is 0 Å². The molecule has 0 aromatic carbocycles. The first-order chi connectivity index (χ1) is 6.63. The van der Waals surface area contributed by atoms with E-state index in [0.29, 0.717) is 13.1 Å². The minimum atomic E-state index is 0.00360. The van der Waals surface area contributed by atoms with Crippen LogP contribution in [0.3, 0.4) is 0 Å². The van der Waals surface area contributed by atoms with Gasteiger partial charge < -0.3 is 10.6 Å². The highest BCUT2D eigenvalue weighted by atomic mass is 32.1. The van der Waals surface area contributed by atoms with Gasteiger partial charge in [0, 0.05) is 18.5 Å². The summed E-state index contributed by atoms with van der Waals surface area (Å²) in [5, 5.41) is 6.69. The number of carbonyl (C=O) groups is 1. The van der Waals surface area contributed by atoms with E-state index in [-0.39, 0.29) is 5.91 Å². The summed E-state index contributed by atoms with van der Waals surface area (Å²) in [6, 6.07) is 0. The highest BCUT2D eigenvalue weighted by molar-refractivity contribution is 7.11. The predicted octanol–water partition coefficient (Wildman–Crippen LogP) is 0.596. The Morgan fingerprint density at radius 2 is 2.21 bits per heavy atom. The third kappa shape index (κ3) is 3.08. The van der Waals surface area contributed by atoms with Gasteiger partial charge in [0.1, 0.15) is 0 Å². The molecule has 0 spiro atoms.